The first-order valence-corrected chi connectivity index (χ1v) is 4.81. The molecule has 0 aromatic carbocycles. The van der Waals surface area contributed by atoms with Crippen LogP contribution in [0.5, 0.6) is 0 Å². The molecule has 1 rings (SSSR count). The van der Waals surface area contributed by atoms with Gasteiger partial charge in [0.05, 0.1) is 0 Å². The maximum absolute atomic E-state index is 4.52. The lowest BCUT2D eigenvalue weighted by Crippen LogP contribution is -2.28. The van der Waals surface area contributed by atoms with E-state index in [4.69, 9.17) is 0 Å². The van der Waals surface area contributed by atoms with Crippen molar-refractivity contribution < 1.29 is 0 Å². The Bertz CT molecular complexity index is 99.3. The fourth-order valence-corrected chi connectivity index (χ4v) is 2.61. The third-order valence-corrected chi connectivity index (χ3v) is 3.50. The van der Waals surface area contributed by atoms with Gasteiger partial charge in [0.25, 0.3) is 0 Å². The molecule has 0 N–H and O–H groups in total. The topological polar surface area (TPSA) is 0 Å². The Balaban J connectivity index is 2.49. The Morgan fingerprint density at radius 3 is 1.80 bits per heavy atom. The summed E-state index contributed by atoms with van der Waals surface area (Å²) in [6.07, 6.45) is 2.63. The molecule has 10 heavy (non-hydrogen) atoms. The molecule has 1 aliphatic rings. The van der Waals surface area contributed by atoms with E-state index in [-0.39, 0.29) is 0 Å². The highest BCUT2D eigenvalue weighted by atomic mass is 32.1. The molecule has 60 valence electrons. The standard InChI is InChI=1S/C9H18S/c1-6-4-9(10)5-7(2)8(6)3/h6-10H,4-5H2,1-3H3. The summed E-state index contributed by atoms with van der Waals surface area (Å²) in [5.41, 5.74) is 0. The minimum absolute atomic E-state index is 0.668. The van der Waals surface area contributed by atoms with Crippen molar-refractivity contribution in [3.05, 3.63) is 0 Å². The Hall–Kier alpha value is 0.350. The molecule has 2 atom stereocenters. The van der Waals surface area contributed by atoms with Crippen molar-refractivity contribution in [3.63, 3.8) is 0 Å². The third kappa shape index (κ3) is 1.69. The molecule has 0 aromatic rings. The van der Waals surface area contributed by atoms with Crippen LogP contribution >= 0.6 is 12.6 Å². The van der Waals surface area contributed by atoms with E-state index in [0.717, 1.165) is 17.8 Å². The molecule has 1 heteroatoms. The van der Waals surface area contributed by atoms with Gasteiger partial charge in [0.2, 0.25) is 0 Å². The average Bonchev–Trinajstić information content (AvgIpc) is 1.82. The van der Waals surface area contributed by atoms with Gasteiger partial charge in [-0.1, -0.05) is 20.8 Å². The monoisotopic (exact) mass is 158 g/mol. The lowest BCUT2D eigenvalue weighted by Gasteiger charge is -2.35. The molecule has 0 radical (unpaired) electrons. The van der Waals surface area contributed by atoms with Crippen LogP contribution in [0.2, 0.25) is 0 Å². The zero-order valence-electron chi connectivity index (χ0n) is 7.17. The van der Waals surface area contributed by atoms with E-state index >= 15 is 0 Å². The van der Waals surface area contributed by atoms with Gasteiger partial charge in [-0.3, -0.25) is 0 Å². The third-order valence-electron chi connectivity index (χ3n) is 3.08. The minimum Gasteiger partial charge on any atom is -0.176 e. The Morgan fingerprint density at radius 1 is 1.00 bits per heavy atom. The predicted molar refractivity (Wildman–Crippen MR) is 49.5 cm³/mol. The van der Waals surface area contributed by atoms with E-state index in [0.29, 0.717) is 5.25 Å². The second-order valence-corrected chi connectivity index (χ2v) is 4.67. The van der Waals surface area contributed by atoms with Crippen molar-refractivity contribution in [3.8, 4) is 0 Å². The molecule has 0 bridgehead atoms. The van der Waals surface area contributed by atoms with E-state index in [1.807, 2.05) is 0 Å². The van der Waals surface area contributed by atoms with E-state index < -0.39 is 0 Å². The summed E-state index contributed by atoms with van der Waals surface area (Å²) in [4.78, 5) is 0. The maximum atomic E-state index is 4.52. The molecule has 1 aliphatic carbocycles. The zero-order valence-corrected chi connectivity index (χ0v) is 8.07. The molecule has 0 aliphatic heterocycles. The van der Waals surface area contributed by atoms with E-state index in [9.17, 15) is 0 Å². The summed E-state index contributed by atoms with van der Waals surface area (Å²) in [5.74, 6) is 2.67. The summed E-state index contributed by atoms with van der Waals surface area (Å²) in [6, 6.07) is 0. The van der Waals surface area contributed by atoms with E-state index in [2.05, 4.69) is 33.4 Å². The van der Waals surface area contributed by atoms with Crippen molar-refractivity contribution in [2.75, 3.05) is 0 Å². The van der Waals surface area contributed by atoms with Crippen molar-refractivity contribution >= 4 is 12.6 Å². The summed E-state index contributed by atoms with van der Waals surface area (Å²) in [5, 5.41) is 0.668. The van der Waals surface area contributed by atoms with Gasteiger partial charge in [0.15, 0.2) is 0 Å². The fraction of sp³-hybridized carbons (Fsp3) is 1.00. The molecule has 0 nitrogen and oxygen atoms in total. The SMILES string of the molecule is CC1CC(S)CC(C)C1C. The highest BCUT2D eigenvalue weighted by Crippen LogP contribution is 2.36. The Labute approximate surface area is 69.8 Å². The first kappa shape index (κ1) is 8.45. The van der Waals surface area contributed by atoms with Crippen LogP contribution in [-0.2, 0) is 0 Å². The Morgan fingerprint density at radius 2 is 1.40 bits per heavy atom. The molecule has 1 saturated carbocycles. The highest BCUT2D eigenvalue weighted by molar-refractivity contribution is 7.80. The van der Waals surface area contributed by atoms with Crippen LogP contribution in [0.4, 0.5) is 0 Å². The summed E-state index contributed by atoms with van der Waals surface area (Å²) in [6.45, 7) is 7.07. The molecule has 0 spiro atoms. The molecule has 0 amide bonds. The fourth-order valence-electron chi connectivity index (χ4n) is 1.94. The smallest absolute Gasteiger partial charge is 0.00220 e. The summed E-state index contributed by atoms with van der Waals surface area (Å²) < 4.78 is 0. The lowest BCUT2D eigenvalue weighted by molar-refractivity contribution is 0.204. The van der Waals surface area contributed by atoms with Crippen LogP contribution in [0.25, 0.3) is 0 Å². The molecular weight excluding hydrogens is 140 g/mol. The number of hydrogen-bond donors (Lipinski definition) is 1. The van der Waals surface area contributed by atoms with Crippen LogP contribution < -0.4 is 0 Å². The summed E-state index contributed by atoms with van der Waals surface area (Å²) in [7, 11) is 0. The quantitative estimate of drug-likeness (QED) is 0.515. The van der Waals surface area contributed by atoms with Crippen molar-refractivity contribution in [1.82, 2.24) is 0 Å². The second kappa shape index (κ2) is 3.17. The number of thiol groups is 1. The number of hydrogen-bond acceptors (Lipinski definition) is 1. The first-order chi connectivity index (χ1) is 4.61. The first-order valence-electron chi connectivity index (χ1n) is 4.29. The van der Waals surface area contributed by atoms with Crippen LogP contribution in [0, 0.1) is 17.8 Å². The largest absolute Gasteiger partial charge is 0.176 e. The van der Waals surface area contributed by atoms with Gasteiger partial charge >= 0.3 is 0 Å². The van der Waals surface area contributed by atoms with Crippen LogP contribution in [0.1, 0.15) is 33.6 Å². The van der Waals surface area contributed by atoms with Crippen LogP contribution in [0.15, 0.2) is 0 Å². The normalized spacial score (nSPS) is 49.2. The van der Waals surface area contributed by atoms with Gasteiger partial charge < -0.3 is 0 Å². The Kier molecular flexibility index (Phi) is 2.67. The van der Waals surface area contributed by atoms with Gasteiger partial charge in [0.1, 0.15) is 0 Å². The predicted octanol–water partition coefficient (Wildman–Crippen LogP) is 2.99. The van der Waals surface area contributed by atoms with E-state index in [1.165, 1.54) is 12.8 Å². The molecule has 0 aromatic heterocycles. The average molecular weight is 158 g/mol. The van der Waals surface area contributed by atoms with Crippen LogP contribution in [0.3, 0.4) is 0 Å². The van der Waals surface area contributed by atoms with Crippen molar-refractivity contribution in [2.24, 2.45) is 17.8 Å². The molecule has 0 heterocycles. The van der Waals surface area contributed by atoms with Crippen molar-refractivity contribution in [1.29, 1.82) is 0 Å². The van der Waals surface area contributed by atoms with Gasteiger partial charge in [-0.15, -0.1) is 0 Å². The molecule has 1 fully saturated rings. The summed E-state index contributed by atoms with van der Waals surface area (Å²) >= 11 is 4.52. The highest BCUT2D eigenvalue weighted by Gasteiger charge is 2.27. The number of rotatable bonds is 0. The van der Waals surface area contributed by atoms with Gasteiger partial charge in [-0.05, 0) is 30.6 Å². The van der Waals surface area contributed by atoms with Crippen LogP contribution in [-0.4, -0.2) is 5.25 Å². The van der Waals surface area contributed by atoms with Gasteiger partial charge in [0, 0.05) is 5.25 Å². The van der Waals surface area contributed by atoms with Crippen molar-refractivity contribution in [2.45, 2.75) is 38.9 Å². The van der Waals surface area contributed by atoms with E-state index in [1.54, 1.807) is 0 Å². The minimum atomic E-state index is 0.668. The lowest BCUT2D eigenvalue weighted by atomic mass is 9.74. The van der Waals surface area contributed by atoms with Gasteiger partial charge in [-0.2, -0.15) is 12.6 Å². The molecular formula is C9H18S. The van der Waals surface area contributed by atoms with Gasteiger partial charge in [-0.25, -0.2) is 0 Å². The second-order valence-electron chi connectivity index (χ2n) is 3.94. The zero-order chi connectivity index (χ0) is 7.72. The molecule has 0 saturated heterocycles. The molecule has 2 unspecified atom stereocenters. The maximum Gasteiger partial charge on any atom is 0.00220 e.